The molecule has 3 aromatic rings. The van der Waals surface area contributed by atoms with Gasteiger partial charge in [0.05, 0.1) is 23.9 Å². The van der Waals surface area contributed by atoms with Crippen LogP contribution in [-0.2, 0) is 4.74 Å². The van der Waals surface area contributed by atoms with Gasteiger partial charge in [0.25, 0.3) is 11.8 Å². The van der Waals surface area contributed by atoms with E-state index in [2.05, 4.69) is 20.7 Å². The third kappa shape index (κ3) is 4.06. The van der Waals surface area contributed by atoms with Crippen LogP contribution in [0.15, 0.2) is 18.2 Å². The smallest absolute Gasteiger partial charge is 0.281 e. The number of aryl methyl sites for hydroxylation is 1. The van der Waals surface area contributed by atoms with Crippen molar-refractivity contribution >= 4 is 61.3 Å². The third-order valence-corrected chi connectivity index (χ3v) is 7.23. The molecule has 29 heavy (non-hydrogen) atoms. The van der Waals surface area contributed by atoms with Crippen molar-refractivity contribution in [1.82, 2.24) is 15.8 Å². The molecule has 152 valence electrons. The van der Waals surface area contributed by atoms with E-state index >= 15 is 0 Å². The highest BCUT2D eigenvalue weighted by Crippen LogP contribution is 2.35. The number of rotatable bonds is 3. The second kappa shape index (κ2) is 8.23. The normalized spacial score (nSPS) is 14.2. The van der Waals surface area contributed by atoms with Gasteiger partial charge in [0, 0.05) is 23.2 Å². The molecule has 0 bridgehead atoms. The lowest BCUT2D eigenvalue weighted by Gasteiger charge is -2.25. The average molecular weight is 455 g/mol. The predicted molar refractivity (Wildman–Crippen MR) is 112 cm³/mol. The van der Waals surface area contributed by atoms with Crippen molar-refractivity contribution in [3.05, 3.63) is 44.5 Å². The number of anilines is 1. The lowest BCUT2D eigenvalue weighted by molar-refractivity contribution is 0.0850. The number of fused-ring (bicyclic) bond motifs is 1. The highest BCUT2D eigenvalue weighted by molar-refractivity contribution is 7.21. The Morgan fingerprint density at radius 1 is 1.17 bits per heavy atom. The summed E-state index contributed by atoms with van der Waals surface area (Å²) in [6.07, 6.45) is 0. The number of nitrogens with one attached hydrogen (secondary N) is 2. The summed E-state index contributed by atoms with van der Waals surface area (Å²) in [4.78, 5) is 32.1. The van der Waals surface area contributed by atoms with Crippen molar-refractivity contribution in [3.63, 3.8) is 0 Å². The summed E-state index contributed by atoms with van der Waals surface area (Å²) in [5, 5.41) is 1.56. The fourth-order valence-electron chi connectivity index (χ4n) is 2.89. The van der Waals surface area contributed by atoms with Crippen molar-refractivity contribution in [3.8, 4) is 0 Å². The summed E-state index contributed by atoms with van der Waals surface area (Å²) < 4.78 is 19.3. The van der Waals surface area contributed by atoms with Gasteiger partial charge in [0.2, 0.25) is 0 Å². The first-order chi connectivity index (χ1) is 13.9. The number of carbonyl (C=O) groups is 2. The van der Waals surface area contributed by atoms with Crippen molar-refractivity contribution in [2.24, 2.45) is 0 Å². The number of nitrogens with zero attached hydrogens (tertiary/aromatic N) is 2. The number of carbonyl (C=O) groups excluding carboxylic acids is 2. The Labute approximate surface area is 178 Å². The van der Waals surface area contributed by atoms with Gasteiger partial charge in [-0.25, -0.2) is 9.37 Å². The highest BCUT2D eigenvalue weighted by atomic mass is 35.5. The summed E-state index contributed by atoms with van der Waals surface area (Å²) >= 11 is 8.56. The van der Waals surface area contributed by atoms with Crippen molar-refractivity contribution in [1.29, 1.82) is 0 Å². The van der Waals surface area contributed by atoms with Crippen LogP contribution in [0.1, 0.15) is 25.0 Å². The fraction of sp³-hybridized carbons (Fsp3) is 0.278. The zero-order valence-corrected chi connectivity index (χ0v) is 17.6. The number of amides is 2. The molecule has 0 aliphatic carbocycles. The Morgan fingerprint density at radius 3 is 2.59 bits per heavy atom. The summed E-state index contributed by atoms with van der Waals surface area (Å²) in [5.41, 5.74) is 5.35. The van der Waals surface area contributed by atoms with Crippen LogP contribution in [0.2, 0.25) is 5.02 Å². The van der Waals surface area contributed by atoms with Gasteiger partial charge >= 0.3 is 0 Å². The molecule has 2 amide bonds. The molecule has 1 aliphatic heterocycles. The minimum Gasteiger partial charge on any atom is -0.378 e. The lowest BCUT2D eigenvalue weighted by atomic mass is 10.2. The van der Waals surface area contributed by atoms with Gasteiger partial charge in [-0.1, -0.05) is 22.9 Å². The quantitative estimate of drug-likeness (QED) is 0.593. The van der Waals surface area contributed by atoms with Crippen LogP contribution in [0.25, 0.3) is 10.1 Å². The first-order valence-electron chi connectivity index (χ1n) is 8.72. The topological polar surface area (TPSA) is 83.6 Å². The van der Waals surface area contributed by atoms with Gasteiger partial charge < -0.3 is 9.64 Å². The molecule has 1 fully saturated rings. The van der Waals surface area contributed by atoms with Gasteiger partial charge in [0.1, 0.15) is 15.6 Å². The van der Waals surface area contributed by atoms with Crippen LogP contribution in [0, 0.1) is 12.7 Å². The first-order valence-corrected chi connectivity index (χ1v) is 10.7. The van der Waals surface area contributed by atoms with Crippen LogP contribution < -0.4 is 15.8 Å². The zero-order chi connectivity index (χ0) is 20.5. The second-order valence-corrected chi connectivity index (χ2v) is 8.71. The number of hydrazine groups is 1. The Balaban J connectivity index is 1.45. The maximum Gasteiger partial charge on any atom is 0.281 e. The average Bonchev–Trinajstić information content (AvgIpc) is 3.26. The molecule has 3 heterocycles. The summed E-state index contributed by atoms with van der Waals surface area (Å²) in [6.45, 7) is 4.42. The number of hydrogen-bond donors (Lipinski definition) is 2. The van der Waals surface area contributed by atoms with E-state index in [9.17, 15) is 14.0 Å². The number of thiophene rings is 1. The molecular weight excluding hydrogens is 439 g/mol. The lowest BCUT2D eigenvalue weighted by Crippen LogP contribution is -2.41. The van der Waals surface area contributed by atoms with E-state index in [1.165, 1.54) is 29.5 Å². The maximum absolute atomic E-state index is 13.4. The molecule has 0 spiro atoms. The fourth-order valence-corrected chi connectivity index (χ4v) is 5.35. The molecule has 4 rings (SSSR count). The van der Waals surface area contributed by atoms with E-state index in [-0.39, 0.29) is 9.90 Å². The predicted octanol–water partition coefficient (Wildman–Crippen LogP) is 3.37. The van der Waals surface area contributed by atoms with Crippen LogP contribution in [0.3, 0.4) is 0 Å². The standard InChI is InChI=1S/C18H16ClFN4O3S2/c1-9-14(29-18(21-9)24-4-6-27-7-5-24)16(25)22-23-17(26)15-13(19)11-3-2-10(20)8-12(11)28-15/h2-3,8H,4-7H2,1H3,(H,22,25)(H,23,26). The molecule has 7 nitrogen and oxygen atoms in total. The molecule has 0 saturated carbocycles. The number of aromatic nitrogens is 1. The SMILES string of the molecule is Cc1nc(N2CCOCC2)sc1C(=O)NNC(=O)c1sc2cc(F)ccc2c1Cl. The number of halogens is 2. The number of morpholine rings is 1. The molecule has 0 atom stereocenters. The first kappa shape index (κ1) is 20.0. The van der Waals surface area contributed by atoms with Crippen LogP contribution >= 0.6 is 34.3 Å². The van der Waals surface area contributed by atoms with Crippen molar-refractivity contribution in [2.45, 2.75) is 6.92 Å². The minimum atomic E-state index is -0.569. The molecular formula is C18H16ClFN4O3S2. The van der Waals surface area contributed by atoms with E-state index < -0.39 is 17.6 Å². The van der Waals surface area contributed by atoms with E-state index in [4.69, 9.17) is 16.3 Å². The van der Waals surface area contributed by atoms with Gasteiger partial charge in [-0.05, 0) is 25.1 Å². The van der Waals surface area contributed by atoms with Gasteiger partial charge in [-0.2, -0.15) is 0 Å². The highest BCUT2D eigenvalue weighted by Gasteiger charge is 2.22. The van der Waals surface area contributed by atoms with E-state index in [0.29, 0.717) is 33.9 Å². The van der Waals surface area contributed by atoms with E-state index in [0.717, 1.165) is 29.6 Å². The van der Waals surface area contributed by atoms with Gasteiger partial charge in [0.15, 0.2) is 5.13 Å². The van der Waals surface area contributed by atoms with Gasteiger partial charge in [-0.3, -0.25) is 20.4 Å². The summed E-state index contributed by atoms with van der Waals surface area (Å²) in [6, 6.07) is 4.12. The van der Waals surface area contributed by atoms with E-state index in [1.54, 1.807) is 6.92 Å². The molecule has 2 N–H and O–H groups in total. The number of thiazole rings is 1. The Morgan fingerprint density at radius 2 is 1.86 bits per heavy atom. The van der Waals surface area contributed by atoms with Crippen LogP contribution in [0.5, 0.6) is 0 Å². The molecule has 11 heteroatoms. The third-order valence-electron chi connectivity index (χ3n) is 4.36. The Bertz CT molecular complexity index is 1090. The van der Waals surface area contributed by atoms with Crippen molar-refractivity contribution < 1.29 is 18.7 Å². The molecule has 1 aromatic carbocycles. The molecule has 1 saturated heterocycles. The zero-order valence-electron chi connectivity index (χ0n) is 15.3. The number of hydrogen-bond acceptors (Lipinski definition) is 7. The number of benzene rings is 1. The largest absolute Gasteiger partial charge is 0.378 e. The summed E-state index contributed by atoms with van der Waals surface area (Å²) in [7, 11) is 0. The van der Waals surface area contributed by atoms with Crippen LogP contribution in [0.4, 0.5) is 9.52 Å². The Hall–Kier alpha value is -2.27. The monoisotopic (exact) mass is 454 g/mol. The van der Waals surface area contributed by atoms with Gasteiger partial charge in [-0.15, -0.1) is 11.3 Å². The van der Waals surface area contributed by atoms with Crippen molar-refractivity contribution in [2.75, 3.05) is 31.2 Å². The van der Waals surface area contributed by atoms with E-state index in [1.807, 2.05) is 0 Å². The maximum atomic E-state index is 13.4. The summed E-state index contributed by atoms with van der Waals surface area (Å²) in [5.74, 6) is -1.44. The minimum absolute atomic E-state index is 0.197. The number of ether oxygens (including phenoxy) is 1. The molecule has 0 radical (unpaired) electrons. The molecule has 2 aromatic heterocycles. The molecule has 1 aliphatic rings. The Kier molecular flexibility index (Phi) is 5.68. The van der Waals surface area contributed by atoms with Crippen LogP contribution in [-0.4, -0.2) is 43.1 Å². The second-order valence-electron chi connectivity index (χ2n) is 6.30. The molecule has 0 unspecified atom stereocenters.